The van der Waals surface area contributed by atoms with Crippen molar-refractivity contribution in [2.24, 2.45) is 0 Å². The number of thioether (sulfide) groups is 1. The van der Waals surface area contributed by atoms with E-state index in [1.165, 1.54) is 17.3 Å². The highest BCUT2D eigenvalue weighted by molar-refractivity contribution is 8.00. The van der Waals surface area contributed by atoms with E-state index in [0.29, 0.717) is 17.0 Å². The van der Waals surface area contributed by atoms with Crippen LogP contribution in [0.4, 0.5) is 17.1 Å². The molecule has 0 saturated carbocycles. The zero-order valence-electron chi connectivity index (χ0n) is 24.2. The Morgan fingerprint density at radius 3 is 2.28 bits per heavy atom. The van der Waals surface area contributed by atoms with Crippen LogP contribution in [0, 0.1) is 0 Å². The Labute approximate surface area is 256 Å². The number of anilines is 3. The lowest BCUT2D eigenvalue weighted by Crippen LogP contribution is -2.36. The summed E-state index contributed by atoms with van der Waals surface area (Å²) >= 11 is 1.47. The summed E-state index contributed by atoms with van der Waals surface area (Å²) in [5.41, 5.74) is 5.17. The normalized spacial score (nSPS) is 12.7. The second-order valence-corrected chi connectivity index (χ2v) is 11.5. The van der Waals surface area contributed by atoms with E-state index in [0.717, 1.165) is 41.2 Å². The molecule has 8 heteroatoms. The van der Waals surface area contributed by atoms with Gasteiger partial charge in [0.1, 0.15) is 5.70 Å². The smallest absolute Gasteiger partial charge is 0.272 e. The molecule has 5 rings (SSSR count). The van der Waals surface area contributed by atoms with E-state index in [1.54, 1.807) is 42.5 Å². The number of carbonyl (C=O) groups is 3. The minimum absolute atomic E-state index is 0.0806. The van der Waals surface area contributed by atoms with Crippen molar-refractivity contribution >= 4 is 52.6 Å². The Balaban J connectivity index is 1.25. The molecule has 0 aromatic heterocycles. The van der Waals surface area contributed by atoms with Crippen LogP contribution in [-0.2, 0) is 16.0 Å². The average molecular weight is 591 g/mol. The molecule has 218 valence electrons. The van der Waals surface area contributed by atoms with E-state index < -0.39 is 5.91 Å². The molecule has 0 bridgehead atoms. The van der Waals surface area contributed by atoms with Gasteiger partial charge in [0.05, 0.1) is 5.75 Å². The van der Waals surface area contributed by atoms with E-state index in [2.05, 4.69) is 16.7 Å². The first kappa shape index (κ1) is 29.7. The maximum Gasteiger partial charge on any atom is 0.272 e. The van der Waals surface area contributed by atoms with Gasteiger partial charge in [0.15, 0.2) is 0 Å². The van der Waals surface area contributed by atoms with Crippen LogP contribution in [0.15, 0.2) is 114 Å². The monoisotopic (exact) mass is 590 g/mol. The first-order valence-electron chi connectivity index (χ1n) is 14.2. The second kappa shape index (κ2) is 13.9. The van der Waals surface area contributed by atoms with Gasteiger partial charge in [-0.1, -0.05) is 48.5 Å². The number of hydrogen-bond acceptors (Lipinski definition) is 5. The summed E-state index contributed by atoms with van der Waals surface area (Å²) < 4.78 is 0. The number of para-hydroxylation sites is 1. The SMILES string of the molecule is CN(C)c1ccc(/C=C(\NC(=O)c2ccccc2)C(=O)Nc2ccc(SCC(=O)N3CCCc4ccccc43)cc2)cc1. The quantitative estimate of drug-likeness (QED) is 0.178. The molecule has 0 saturated heterocycles. The van der Waals surface area contributed by atoms with Crippen LogP contribution in [0.1, 0.15) is 27.9 Å². The molecule has 0 aliphatic carbocycles. The lowest BCUT2D eigenvalue weighted by molar-refractivity contribution is -0.116. The lowest BCUT2D eigenvalue weighted by atomic mass is 10.0. The molecule has 1 aliphatic heterocycles. The molecular weight excluding hydrogens is 556 g/mol. The number of carbonyl (C=O) groups excluding carboxylic acids is 3. The summed E-state index contributed by atoms with van der Waals surface area (Å²) in [5, 5.41) is 5.66. The molecule has 4 aromatic rings. The van der Waals surface area contributed by atoms with Crippen molar-refractivity contribution in [2.45, 2.75) is 17.7 Å². The van der Waals surface area contributed by atoms with Crippen LogP contribution in [0.3, 0.4) is 0 Å². The summed E-state index contributed by atoms with van der Waals surface area (Å²) in [4.78, 5) is 44.1. The highest BCUT2D eigenvalue weighted by atomic mass is 32.2. The number of amides is 3. The fourth-order valence-electron chi connectivity index (χ4n) is 4.83. The van der Waals surface area contributed by atoms with E-state index in [1.807, 2.05) is 84.6 Å². The second-order valence-electron chi connectivity index (χ2n) is 10.4. The molecule has 7 nitrogen and oxygen atoms in total. The molecule has 0 unspecified atom stereocenters. The first-order chi connectivity index (χ1) is 20.9. The minimum atomic E-state index is -0.444. The summed E-state index contributed by atoms with van der Waals surface area (Å²) in [6.07, 6.45) is 3.62. The summed E-state index contributed by atoms with van der Waals surface area (Å²) in [5.74, 6) is -0.414. The predicted molar refractivity (Wildman–Crippen MR) is 176 cm³/mol. The van der Waals surface area contributed by atoms with Crippen LogP contribution in [0.2, 0.25) is 0 Å². The highest BCUT2D eigenvalue weighted by Gasteiger charge is 2.22. The van der Waals surface area contributed by atoms with Crippen molar-refractivity contribution < 1.29 is 14.4 Å². The molecule has 3 amide bonds. The van der Waals surface area contributed by atoms with E-state index in [4.69, 9.17) is 0 Å². The fourth-order valence-corrected chi connectivity index (χ4v) is 5.60. The van der Waals surface area contributed by atoms with Gasteiger partial charge in [-0.2, -0.15) is 0 Å². The van der Waals surface area contributed by atoms with Crippen LogP contribution in [0.25, 0.3) is 6.08 Å². The van der Waals surface area contributed by atoms with Crippen LogP contribution in [0.5, 0.6) is 0 Å². The Hall–Kier alpha value is -4.82. The predicted octanol–water partition coefficient (Wildman–Crippen LogP) is 6.23. The molecule has 0 radical (unpaired) electrons. The van der Waals surface area contributed by atoms with Gasteiger partial charge in [0, 0.05) is 48.2 Å². The number of aryl methyl sites for hydroxylation is 1. The zero-order chi connectivity index (χ0) is 30.2. The molecule has 0 atom stereocenters. The number of fused-ring (bicyclic) bond motifs is 1. The number of nitrogens with one attached hydrogen (secondary N) is 2. The molecular formula is C35H34N4O3S. The van der Waals surface area contributed by atoms with E-state index in [9.17, 15) is 14.4 Å². The van der Waals surface area contributed by atoms with Crippen LogP contribution >= 0.6 is 11.8 Å². The summed E-state index contributed by atoms with van der Waals surface area (Å²) in [6.45, 7) is 0.734. The lowest BCUT2D eigenvalue weighted by Gasteiger charge is -2.29. The third-order valence-electron chi connectivity index (χ3n) is 7.14. The molecule has 1 heterocycles. The van der Waals surface area contributed by atoms with Gasteiger partial charge < -0.3 is 20.4 Å². The van der Waals surface area contributed by atoms with Gasteiger partial charge in [0.2, 0.25) is 5.91 Å². The Morgan fingerprint density at radius 1 is 0.860 bits per heavy atom. The topological polar surface area (TPSA) is 81.8 Å². The average Bonchev–Trinajstić information content (AvgIpc) is 3.04. The van der Waals surface area contributed by atoms with Gasteiger partial charge in [-0.25, -0.2) is 0 Å². The molecule has 0 fully saturated rings. The maximum absolute atomic E-state index is 13.4. The van der Waals surface area contributed by atoms with Gasteiger partial charge in [0.25, 0.3) is 11.8 Å². The van der Waals surface area contributed by atoms with Crippen molar-refractivity contribution in [3.05, 3.63) is 126 Å². The number of hydrogen-bond donors (Lipinski definition) is 2. The van der Waals surface area contributed by atoms with Crippen molar-refractivity contribution in [2.75, 3.05) is 41.5 Å². The van der Waals surface area contributed by atoms with Crippen LogP contribution in [-0.4, -0.2) is 44.1 Å². The molecule has 43 heavy (non-hydrogen) atoms. The third kappa shape index (κ3) is 7.72. The van der Waals surface area contributed by atoms with Gasteiger partial charge in [-0.15, -0.1) is 11.8 Å². The van der Waals surface area contributed by atoms with Gasteiger partial charge in [-0.05, 0) is 84.6 Å². The first-order valence-corrected chi connectivity index (χ1v) is 15.1. The zero-order valence-corrected chi connectivity index (χ0v) is 25.1. The molecule has 2 N–H and O–H groups in total. The fraction of sp³-hybridized carbons (Fsp3) is 0.171. The van der Waals surface area contributed by atoms with Crippen molar-refractivity contribution in [1.29, 1.82) is 0 Å². The Morgan fingerprint density at radius 2 is 1.56 bits per heavy atom. The van der Waals surface area contributed by atoms with E-state index >= 15 is 0 Å². The number of nitrogens with zero attached hydrogens (tertiary/aromatic N) is 2. The minimum Gasteiger partial charge on any atom is -0.378 e. The standard InChI is InChI=1S/C35H34N4O3S/c1-38(2)29-18-14-25(15-19-29)23-31(37-34(41)27-10-4-3-5-11-27)35(42)36-28-16-20-30(21-17-28)43-24-33(40)39-22-8-12-26-9-6-7-13-32(26)39/h3-7,9-11,13-21,23H,8,12,22,24H2,1-2H3,(H,36,42)(H,37,41)/b31-23-. The summed E-state index contributed by atoms with van der Waals surface area (Å²) in [6, 6.07) is 31.9. The number of benzene rings is 4. The van der Waals surface area contributed by atoms with Gasteiger partial charge in [-0.3, -0.25) is 14.4 Å². The Bertz CT molecular complexity index is 1620. The molecule has 0 spiro atoms. The largest absolute Gasteiger partial charge is 0.378 e. The van der Waals surface area contributed by atoms with E-state index in [-0.39, 0.29) is 17.5 Å². The van der Waals surface area contributed by atoms with Crippen LogP contribution < -0.4 is 20.4 Å². The third-order valence-corrected chi connectivity index (χ3v) is 8.13. The van der Waals surface area contributed by atoms with Gasteiger partial charge >= 0.3 is 0 Å². The molecule has 4 aromatic carbocycles. The number of rotatable bonds is 9. The summed E-state index contributed by atoms with van der Waals surface area (Å²) in [7, 11) is 3.92. The van der Waals surface area contributed by atoms with Crippen molar-refractivity contribution in [3.63, 3.8) is 0 Å². The highest BCUT2D eigenvalue weighted by Crippen LogP contribution is 2.28. The van der Waals surface area contributed by atoms with Crippen molar-refractivity contribution in [3.8, 4) is 0 Å². The van der Waals surface area contributed by atoms with Crippen molar-refractivity contribution in [1.82, 2.24) is 5.32 Å². The maximum atomic E-state index is 13.4. The Kier molecular flexibility index (Phi) is 9.59. The molecule has 1 aliphatic rings.